The highest BCUT2D eigenvalue weighted by Crippen LogP contribution is 2.18. The van der Waals surface area contributed by atoms with Crippen LogP contribution in [0.25, 0.3) is 0 Å². The lowest BCUT2D eigenvalue weighted by Gasteiger charge is -2.24. The number of halogens is 1. The fraction of sp³-hybridized carbons (Fsp3) is 0.615. The fourth-order valence-corrected chi connectivity index (χ4v) is 2.02. The maximum Gasteiger partial charge on any atom is 0.132 e. The lowest BCUT2D eigenvalue weighted by molar-refractivity contribution is 0.400. The Morgan fingerprint density at radius 3 is 2.65 bits per heavy atom. The molecule has 4 heteroatoms. The van der Waals surface area contributed by atoms with E-state index in [-0.39, 0.29) is 0 Å². The van der Waals surface area contributed by atoms with Crippen LogP contribution in [0, 0.1) is 0 Å². The number of alkyl halides is 1. The van der Waals surface area contributed by atoms with Crippen LogP contribution in [-0.4, -0.2) is 43.6 Å². The first-order chi connectivity index (χ1) is 8.19. The highest BCUT2D eigenvalue weighted by molar-refractivity contribution is 6.17. The summed E-state index contributed by atoms with van der Waals surface area (Å²) in [4.78, 5) is 8.94. The summed E-state index contributed by atoms with van der Waals surface area (Å²) in [6.07, 6.45) is 2.97. The van der Waals surface area contributed by atoms with Crippen molar-refractivity contribution in [2.24, 2.45) is 0 Å². The van der Waals surface area contributed by atoms with E-state index >= 15 is 0 Å². The summed E-state index contributed by atoms with van der Waals surface area (Å²) in [5, 5.41) is 0. The van der Waals surface area contributed by atoms with E-state index in [9.17, 15) is 0 Å². The molecule has 0 unspecified atom stereocenters. The van der Waals surface area contributed by atoms with Crippen molar-refractivity contribution < 1.29 is 0 Å². The van der Waals surface area contributed by atoms with Crippen molar-refractivity contribution in [2.45, 2.75) is 19.2 Å². The second kappa shape index (κ2) is 7.51. The van der Waals surface area contributed by atoms with Crippen LogP contribution in [0.15, 0.2) is 18.3 Å². The van der Waals surface area contributed by atoms with E-state index in [1.165, 1.54) is 0 Å². The predicted molar refractivity (Wildman–Crippen MR) is 74.9 cm³/mol. The third kappa shape index (κ3) is 4.52. The van der Waals surface area contributed by atoms with Crippen molar-refractivity contribution in [3.63, 3.8) is 0 Å². The molecule has 0 atom stereocenters. The monoisotopic (exact) mass is 255 g/mol. The summed E-state index contributed by atoms with van der Waals surface area (Å²) in [6, 6.07) is 3.98. The van der Waals surface area contributed by atoms with E-state index in [0.29, 0.717) is 5.88 Å². The molecule has 0 fully saturated rings. The molecular formula is C13H22ClN3. The Bertz CT molecular complexity index is 328. The summed E-state index contributed by atoms with van der Waals surface area (Å²) in [7, 11) is 4.20. The summed E-state index contributed by atoms with van der Waals surface area (Å²) < 4.78 is 0. The molecule has 96 valence electrons. The van der Waals surface area contributed by atoms with E-state index in [0.717, 1.165) is 37.4 Å². The molecule has 1 aromatic rings. The molecule has 0 N–H and O–H groups in total. The predicted octanol–water partition coefficient (Wildman–Crippen LogP) is 2.60. The van der Waals surface area contributed by atoms with E-state index in [1.54, 1.807) is 0 Å². The van der Waals surface area contributed by atoms with Gasteiger partial charge in [-0.05, 0) is 40.1 Å². The van der Waals surface area contributed by atoms with Gasteiger partial charge in [0.05, 0.1) is 5.88 Å². The van der Waals surface area contributed by atoms with Crippen molar-refractivity contribution in [3.8, 4) is 0 Å². The Labute approximate surface area is 109 Å². The minimum atomic E-state index is 0.521. The molecule has 0 spiro atoms. The molecule has 0 aliphatic heterocycles. The van der Waals surface area contributed by atoms with E-state index in [4.69, 9.17) is 11.6 Å². The lowest BCUT2D eigenvalue weighted by atomic mass is 10.2. The van der Waals surface area contributed by atoms with Gasteiger partial charge in [0.1, 0.15) is 5.82 Å². The highest BCUT2D eigenvalue weighted by atomic mass is 35.5. The second-order valence-electron chi connectivity index (χ2n) is 4.36. The van der Waals surface area contributed by atoms with Gasteiger partial charge in [-0.25, -0.2) is 4.98 Å². The molecule has 0 saturated heterocycles. The fourth-order valence-electron chi connectivity index (χ4n) is 1.81. The first-order valence-corrected chi connectivity index (χ1v) is 6.62. The van der Waals surface area contributed by atoms with Crippen molar-refractivity contribution in [1.29, 1.82) is 0 Å². The average Bonchev–Trinajstić information content (AvgIpc) is 2.34. The largest absolute Gasteiger partial charge is 0.357 e. The number of hydrogen-bond acceptors (Lipinski definition) is 3. The standard InChI is InChI=1S/C13H22ClN3/c1-4-17(10-6-9-16(2)3)13-12(11-14)7-5-8-15-13/h5,7-8H,4,6,9-11H2,1-3H3. The van der Waals surface area contributed by atoms with Crippen molar-refractivity contribution in [2.75, 3.05) is 38.6 Å². The quantitative estimate of drug-likeness (QED) is 0.699. The van der Waals surface area contributed by atoms with Crippen LogP contribution >= 0.6 is 11.6 Å². The normalized spacial score (nSPS) is 10.9. The minimum Gasteiger partial charge on any atom is -0.357 e. The topological polar surface area (TPSA) is 19.4 Å². The zero-order valence-corrected chi connectivity index (χ0v) is 11.7. The van der Waals surface area contributed by atoms with E-state index < -0.39 is 0 Å². The maximum atomic E-state index is 5.94. The number of rotatable bonds is 7. The molecule has 0 aliphatic rings. The summed E-state index contributed by atoms with van der Waals surface area (Å²) in [5.41, 5.74) is 1.11. The molecule has 3 nitrogen and oxygen atoms in total. The number of anilines is 1. The van der Waals surface area contributed by atoms with Gasteiger partial charge in [0.2, 0.25) is 0 Å². The molecular weight excluding hydrogens is 234 g/mol. The van der Waals surface area contributed by atoms with Crippen LogP contribution in [0.2, 0.25) is 0 Å². The van der Waals surface area contributed by atoms with E-state index in [2.05, 4.69) is 35.8 Å². The first-order valence-electron chi connectivity index (χ1n) is 6.08. The van der Waals surface area contributed by atoms with Gasteiger partial charge in [0.25, 0.3) is 0 Å². The van der Waals surface area contributed by atoms with Gasteiger partial charge in [0.15, 0.2) is 0 Å². The van der Waals surface area contributed by atoms with Crippen LogP contribution in [0.4, 0.5) is 5.82 Å². The molecule has 0 aliphatic carbocycles. The molecule has 0 amide bonds. The summed E-state index contributed by atoms with van der Waals surface area (Å²) >= 11 is 5.94. The number of nitrogens with zero attached hydrogens (tertiary/aromatic N) is 3. The van der Waals surface area contributed by atoms with Crippen LogP contribution in [0.3, 0.4) is 0 Å². The Kier molecular flexibility index (Phi) is 6.30. The Hall–Kier alpha value is -0.800. The van der Waals surface area contributed by atoms with Gasteiger partial charge in [-0.2, -0.15) is 0 Å². The Balaban J connectivity index is 2.65. The molecule has 1 heterocycles. The third-order valence-corrected chi connectivity index (χ3v) is 3.01. The summed E-state index contributed by atoms with van der Waals surface area (Å²) in [5.74, 6) is 1.55. The number of hydrogen-bond donors (Lipinski definition) is 0. The van der Waals surface area contributed by atoms with Gasteiger partial charge in [0, 0.05) is 24.8 Å². The Morgan fingerprint density at radius 2 is 2.06 bits per heavy atom. The van der Waals surface area contributed by atoms with Gasteiger partial charge < -0.3 is 9.80 Å². The SMILES string of the molecule is CCN(CCCN(C)C)c1ncccc1CCl. The number of aromatic nitrogens is 1. The summed E-state index contributed by atoms with van der Waals surface area (Å²) in [6.45, 7) is 5.24. The van der Waals surface area contributed by atoms with Gasteiger partial charge in [-0.15, -0.1) is 11.6 Å². The second-order valence-corrected chi connectivity index (χ2v) is 4.62. The molecule has 1 aromatic heterocycles. The lowest BCUT2D eigenvalue weighted by Crippen LogP contribution is -2.28. The molecule has 17 heavy (non-hydrogen) atoms. The zero-order chi connectivity index (χ0) is 12.7. The van der Waals surface area contributed by atoms with E-state index in [1.807, 2.05) is 18.3 Å². The highest BCUT2D eigenvalue weighted by Gasteiger charge is 2.09. The molecule has 0 saturated carbocycles. The smallest absolute Gasteiger partial charge is 0.132 e. The minimum absolute atomic E-state index is 0.521. The van der Waals surface area contributed by atoms with Crippen LogP contribution in [-0.2, 0) is 5.88 Å². The maximum absolute atomic E-state index is 5.94. The van der Waals surface area contributed by atoms with Crippen molar-refractivity contribution >= 4 is 17.4 Å². The zero-order valence-electron chi connectivity index (χ0n) is 11.0. The molecule has 0 radical (unpaired) electrons. The first kappa shape index (κ1) is 14.3. The molecule has 0 aromatic carbocycles. The van der Waals surface area contributed by atoms with Gasteiger partial charge >= 0.3 is 0 Å². The van der Waals surface area contributed by atoms with Crippen LogP contribution in [0.1, 0.15) is 18.9 Å². The molecule has 1 rings (SSSR count). The van der Waals surface area contributed by atoms with Crippen LogP contribution in [0.5, 0.6) is 0 Å². The molecule has 0 bridgehead atoms. The van der Waals surface area contributed by atoms with Crippen molar-refractivity contribution in [3.05, 3.63) is 23.9 Å². The van der Waals surface area contributed by atoms with Crippen LogP contribution < -0.4 is 4.90 Å². The average molecular weight is 256 g/mol. The third-order valence-electron chi connectivity index (χ3n) is 2.73. The van der Waals surface area contributed by atoms with Gasteiger partial charge in [-0.1, -0.05) is 6.07 Å². The number of pyridine rings is 1. The van der Waals surface area contributed by atoms with Crippen molar-refractivity contribution in [1.82, 2.24) is 9.88 Å². The van der Waals surface area contributed by atoms with Gasteiger partial charge in [-0.3, -0.25) is 0 Å². The Morgan fingerprint density at radius 1 is 1.29 bits per heavy atom.